The van der Waals surface area contributed by atoms with Gasteiger partial charge in [-0.25, -0.2) is 4.79 Å². The summed E-state index contributed by atoms with van der Waals surface area (Å²) in [5, 5.41) is 31.0. The number of hydrogen-bond acceptors (Lipinski definition) is 7. The normalized spacial score (nSPS) is 19.7. The molecule has 1 aliphatic rings. The summed E-state index contributed by atoms with van der Waals surface area (Å²) in [4.78, 5) is 59.9. The van der Waals surface area contributed by atoms with E-state index in [-0.39, 0.29) is 0 Å². The van der Waals surface area contributed by atoms with Gasteiger partial charge >= 0.3 is 11.9 Å². The predicted molar refractivity (Wildman–Crippen MR) is 89.2 cm³/mol. The van der Waals surface area contributed by atoms with E-state index in [1.165, 1.54) is 11.8 Å². The Labute approximate surface area is 154 Å². The average Bonchev–Trinajstić information content (AvgIpc) is 3.06. The molecule has 12 heteroatoms. The number of rotatable bonds is 9. The van der Waals surface area contributed by atoms with Gasteiger partial charge in [0.1, 0.15) is 18.1 Å². The van der Waals surface area contributed by atoms with Crippen LogP contribution in [0.3, 0.4) is 0 Å². The second-order valence-electron chi connectivity index (χ2n) is 6.22. The minimum Gasteiger partial charge on any atom is -0.481 e. The maximum Gasteiger partial charge on any atom is 0.328 e. The molecule has 4 unspecified atom stereocenters. The third-order valence-electron chi connectivity index (χ3n) is 4.04. The largest absolute Gasteiger partial charge is 0.481 e. The van der Waals surface area contributed by atoms with E-state index in [2.05, 4.69) is 5.32 Å². The van der Waals surface area contributed by atoms with Gasteiger partial charge in [-0.1, -0.05) is 0 Å². The van der Waals surface area contributed by atoms with E-state index < -0.39 is 66.9 Å². The molecule has 4 atom stereocenters. The van der Waals surface area contributed by atoms with Crippen LogP contribution >= 0.6 is 0 Å². The monoisotopic (exact) mass is 388 g/mol. The molecule has 3 amide bonds. The summed E-state index contributed by atoms with van der Waals surface area (Å²) in [5.41, 5.74) is 5.55. The molecule has 1 rings (SSSR count). The number of carbonyl (C=O) groups is 5. The minimum atomic E-state index is -1.65. The van der Waals surface area contributed by atoms with Crippen molar-refractivity contribution >= 4 is 29.7 Å². The van der Waals surface area contributed by atoms with E-state index >= 15 is 0 Å². The third-order valence-corrected chi connectivity index (χ3v) is 4.04. The second kappa shape index (κ2) is 9.83. The quantitative estimate of drug-likeness (QED) is 0.236. The Balaban J connectivity index is 2.87. The van der Waals surface area contributed by atoms with Crippen molar-refractivity contribution < 1.29 is 39.3 Å². The Morgan fingerprint density at radius 3 is 2.26 bits per heavy atom. The van der Waals surface area contributed by atoms with Crippen LogP contribution in [0.2, 0.25) is 0 Å². The summed E-state index contributed by atoms with van der Waals surface area (Å²) >= 11 is 0. The van der Waals surface area contributed by atoms with E-state index in [0.717, 1.165) is 0 Å². The summed E-state index contributed by atoms with van der Waals surface area (Å²) in [6.45, 7) is 0.866. The van der Waals surface area contributed by atoms with Gasteiger partial charge in [0.05, 0.1) is 19.1 Å². The number of hydrogen-bond donors (Lipinski definition) is 6. The number of carboxylic acids is 2. The van der Waals surface area contributed by atoms with Gasteiger partial charge in [0, 0.05) is 6.54 Å². The highest BCUT2D eigenvalue weighted by atomic mass is 16.4. The molecule has 7 N–H and O–H groups in total. The van der Waals surface area contributed by atoms with Crippen LogP contribution in [0.4, 0.5) is 0 Å². The number of likely N-dealkylation sites (tertiary alicyclic amines) is 1. The molecule has 0 aliphatic carbocycles. The van der Waals surface area contributed by atoms with Gasteiger partial charge in [-0.3, -0.25) is 19.2 Å². The molecule has 1 saturated heterocycles. The molecule has 0 bridgehead atoms. The van der Waals surface area contributed by atoms with Crippen molar-refractivity contribution in [2.45, 2.75) is 50.4 Å². The average molecular weight is 388 g/mol. The van der Waals surface area contributed by atoms with Crippen LogP contribution in [0.15, 0.2) is 0 Å². The number of nitrogens with zero attached hydrogens (tertiary/aromatic N) is 1. The predicted octanol–water partition coefficient (Wildman–Crippen LogP) is -3.15. The Hall–Kier alpha value is -2.73. The van der Waals surface area contributed by atoms with E-state index in [1.54, 1.807) is 0 Å². The Morgan fingerprint density at radius 1 is 1.15 bits per heavy atom. The van der Waals surface area contributed by atoms with Crippen LogP contribution in [0.1, 0.15) is 26.2 Å². The first kappa shape index (κ1) is 22.3. The van der Waals surface area contributed by atoms with Crippen molar-refractivity contribution in [1.29, 1.82) is 0 Å². The van der Waals surface area contributed by atoms with Crippen molar-refractivity contribution in [1.82, 2.24) is 15.5 Å². The number of aliphatic carboxylic acids is 2. The van der Waals surface area contributed by atoms with Gasteiger partial charge in [-0.15, -0.1) is 0 Å². The van der Waals surface area contributed by atoms with Crippen LogP contribution in [-0.4, -0.2) is 87.2 Å². The third kappa shape index (κ3) is 6.18. The molecule has 0 aromatic carbocycles. The maximum absolute atomic E-state index is 12.5. The summed E-state index contributed by atoms with van der Waals surface area (Å²) in [7, 11) is 0. The molecular formula is C15H24N4O8. The highest BCUT2D eigenvalue weighted by molar-refractivity contribution is 5.95. The van der Waals surface area contributed by atoms with E-state index in [9.17, 15) is 24.0 Å². The summed E-state index contributed by atoms with van der Waals surface area (Å²) in [6, 6.07) is -4.94. The van der Waals surface area contributed by atoms with Crippen molar-refractivity contribution in [3.63, 3.8) is 0 Å². The van der Waals surface area contributed by atoms with Gasteiger partial charge in [0.25, 0.3) is 0 Å². The summed E-state index contributed by atoms with van der Waals surface area (Å²) in [6.07, 6.45) is 0.0569. The topological polar surface area (TPSA) is 199 Å². The van der Waals surface area contributed by atoms with Gasteiger partial charge < -0.3 is 36.6 Å². The van der Waals surface area contributed by atoms with Gasteiger partial charge in [-0.05, 0) is 19.8 Å². The fourth-order valence-corrected chi connectivity index (χ4v) is 2.67. The first-order valence-corrected chi connectivity index (χ1v) is 8.30. The standard InChI is InChI=1S/C15H24N4O8/c1-7(16)14(25)19-4-2-3-10(19)13(24)17-8(5-11(21)22)12(23)18-9(6-20)15(26)27/h7-10,20H,2-6,16H2,1H3,(H,17,24)(H,18,23)(H,21,22)(H,26,27). The zero-order valence-corrected chi connectivity index (χ0v) is 14.8. The van der Waals surface area contributed by atoms with Gasteiger partial charge in [0.15, 0.2) is 0 Å². The molecular weight excluding hydrogens is 364 g/mol. The van der Waals surface area contributed by atoms with E-state index in [4.69, 9.17) is 21.1 Å². The van der Waals surface area contributed by atoms with Gasteiger partial charge in [0.2, 0.25) is 17.7 Å². The SMILES string of the molecule is CC(N)C(=O)N1CCCC1C(=O)NC(CC(=O)O)C(=O)NC(CO)C(=O)O. The Morgan fingerprint density at radius 2 is 1.78 bits per heavy atom. The highest BCUT2D eigenvalue weighted by Crippen LogP contribution is 2.18. The molecule has 12 nitrogen and oxygen atoms in total. The van der Waals surface area contributed by atoms with Crippen LogP contribution < -0.4 is 16.4 Å². The summed E-state index contributed by atoms with van der Waals surface area (Å²) in [5.74, 6) is -5.18. The molecule has 0 aromatic heterocycles. The number of nitrogens with two attached hydrogens (primary N) is 1. The molecule has 0 saturated carbocycles. The van der Waals surface area contributed by atoms with Crippen molar-refractivity contribution in [2.24, 2.45) is 5.73 Å². The number of aliphatic hydroxyl groups is 1. The minimum absolute atomic E-state index is 0.305. The van der Waals surface area contributed by atoms with Crippen LogP contribution in [0, 0.1) is 0 Å². The zero-order valence-electron chi connectivity index (χ0n) is 14.8. The van der Waals surface area contributed by atoms with Crippen LogP contribution in [0.5, 0.6) is 0 Å². The van der Waals surface area contributed by atoms with E-state index in [1.807, 2.05) is 5.32 Å². The maximum atomic E-state index is 12.5. The van der Waals surface area contributed by atoms with Gasteiger partial charge in [-0.2, -0.15) is 0 Å². The number of carboxylic acid groups (broad SMARTS) is 2. The highest BCUT2D eigenvalue weighted by Gasteiger charge is 2.37. The van der Waals surface area contributed by atoms with Crippen LogP contribution in [-0.2, 0) is 24.0 Å². The Kier molecular flexibility index (Phi) is 8.12. The molecule has 152 valence electrons. The fourth-order valence-electron chi connectivity index (χ4n) is 2.67. The lowest BCUT2D eigenvalue weighted by Crippen LogP contribution is -2.57. The molecule has 1 fully saturated rings. The first-order chi connectivity index (χ1) is 12.6. The van der Waals surface area contributed by atoms with Crippen molar-refractivity contribution in [3.05, 3.63) is 0 Å². The summed E-state index contributed by atoms with van der Waals surface area (Å²) < 4.78 is 0. The molecule has 27 heavy (non-hydrogen) atoms. The lowest BCUT2D eigenvalue weighted by Gasteiger charge is -2.27. The number of nitrogens with one attached hydrogen (secondary N) is 2. The molecule has 0 radical (unpaired) electrons. The number of aliphatic hydroxyl groups excluding tert-OH is 1. The van der Waals surface area contributed by atoms with Crippen molar-refractivity contribution in [3.8, 4) is 0 Å². The van der Waals surface area contributed by atoms with E-state index in [0.29, 0.717) is 19.4 Å². The number of amides is 3. The fraction of sp³-hybridized carbons (Fsp3) is 0.667. The lowest BCUT2D eigenvalue weighted by molar-refractivity contribution is -0.145. The molecule has 1 aliphatic heterocycles. The molecule has 1 heterocycles. The Bertz CT molecular complexity index is 609. The number of carbonyl (C=O) groups excluding carboxylic acids is 3. The lowest BCUT2D eigenvalue weighted by atomic mass is 10.1. The molecule has 0 aromatic rings. The first-order valence-electron chi connectivity index (χ1n) is 8.30. The van der Waals surface area contributed by atoms with Crippen LogP contribution in [0.25, 0.3) is 0 Å². The zero-order chi connectivity index (χ0) is 20.7. The smallest absolute Gasteiger partial charge is 0.328 e. The second-order valence-corrected chi connectivity index (χ2v) is 6.22. The van der Waals surface area contributed by atoms with Crippen molar-refractivity contribution in [2.75, 3.05) is 13.2 Å². The molecule has 0 spiro atoms.